The summed E-state index contributed by atoms with van der Waals surface area (Å²) in [4.78, 5) is 24.6. The van der Waals surface area contributed by atoms with Gasteiger partial charge < -0.3 is 20.3 Å². The maximum atomic E-state index is 12.4. The maximum absolute atomic E-state index is 12.4. The van der Waals surface area contributed by atoms with E-state index in [9.17, 15) is 19.8 Å². The Hall–Kier alpha value is -2.18. The molecule has 0 rings (SSSR count). The highest BCUT2D eigenvalue weighted by Gasteiger charge is 2.18. The highest BCUT2D eigenvalue weighted by Crippen LogP contribution is 2.17. The average molecular weight is 1080 g/mol. The molecule has 0 heterocycles. The predicted octanol–water partition coefficient (Wildman–Crippen LogP) is 22.1. The van der Waals surface area contributed by atoms with Gasteiger partial charge in [-0.05, 0) is 89.9 Å². The number of carbonyl (C=O) groups excluding carboxylic acids is 2. The second kappa shape index (κ2) is 66.3. The Bertz CT molecular complexity index is 1290. The summed E-state index contributed by atoms with van der Waals surface area (Å²) in [7, 11) is 0. The van der Waals surface area contributed by atoms with E-state index >= 15 is 0 Å². The third-order valence-electron chi connectivity index (χ3n) is 15.8. The van der Waals surface area contributed by atoms with Gasteiger partial charge in [0.25, 0.3) is 0 Å². The molecule has 0 bridgehead atoms. The molecule has 452 valence electrons. The quantitative estimate of drug-likeness (QED) is 0.0320. The standard InChI is InChI=1S/C71H133NO5/c1-3-5-7-9-11-13-15-17-18-19-31-35-38-41-45-49-53-57-61-65-71(76)77-66-62-58-54-50-46-42-39-36-33-30-28-26-24-22-20-21-23-25-27-29-32-34-37-40-44-48-52-56-60-64-70(75)72-68(67-73)69(74)63-59-55-51-47-43-16-14-12-10-8-6-4-2/h17-18,20,22,26,28,59,63,68-69,73-74H,3-16,19,21,23-25,27,29-58,60-62,64-67H2,1-2H3,(H,72,75)/b18-17-,22-20-,28-26-,63-59+. The Balaban J connectivity index is 3.39. The molecular formula is C71H133NO5. The minimum atomic E-state index is -0.845. The highest BCUT2D eigenvalue weighted by molar-refractivity contribution is 5.76. The number of allylic oxidation sites excluding steroid dienone is 7. The first-order chi connectivity index (χ1) is 38.0. The number of rotatable bonds is 64. The van der Waals surface area contributed by atoms with Crippen molar-refractivity contribution >= 4 is 11.9 Å². The van der Waals surface area contributed by atoms with Crippen LogP contribution in [0.4, 0.5) is 0 Å². The molecule has 0 aromatic rings. The van der Waals surface area contributed by atoms with Gasteiger partial charge in [0.2, 0.25) is 5.91 Å². The number of nitrogens with one attached hydrogen (secondary N) is 1. The van der Waals surface area contributed by atoms with Crippen molar-refractivity contribution in [3.8, 4) is 0 Å². The molecule has 6 heteroatoms. The number of amides is 1. The summed E-state index contributed by atoms with van der Waals surface area (Å²) < 4.78 is 5.50. The molecule has 0 aliphatic carbocycles. The first kappa shape index (κ1) is 74.8. The summed E-state index contributed by atoms with van der Waals surface area (Å²) >= 11 is 0. The monoisotopic (exact) mass is 1080 g/mol. The zero-order valence-corrected chi connectivity index (χ0v) is 51.7. The van der Waals surface area contributed by atoms with E-state index in [1.807, 2.05) is 6.08 Å². The molecular weight excluding hydrogens is 947 g/mol. The summed E-state index contributed by atoms with van der Waals surface area (Å²) in [5.74, 6) is -0.0578. The first-order valence-corrected chi connectivity index (χ1v) is 34.4. The van der Waals surface area contributed by atoms with Crippen molar-refractivity contribution in [3.05, 3.63) is 48.6 Å². The van der Waals surface area contributed by atoms with Gasteiger partial charge in [0.1, 0.15) is 0 Å². The molecule has 2 atom stereocenters. The number of hydrogen-bond donors (Lipinski definition) is 3. The summed E-state index contributed by atoms with van der Waals surface area (Å²) in [6.07, 6.45) is 86.1. The van der Waals surface area contributed by atoms with Crippen molar-refractivity contribution in [3.63, 3.8) is 0 Å². The summed E-state index contributed by atoms with van der Waals surface area (Å²) in [5, 5.41) is 23.1. The largest absolute Gasteiger partial charge is 0.466 e. The van der Waals surface area contributed by atoms with E-state index < -0.39 is 12.1 Å². The highest BCUT2D eigenvalue weighted by atomic mass is 16.5. The van der Waals surface area contributed by atoms with Gasteiger partial charge >= 0.3 is 5.97 Å². The van der Waals surface area contributed by atoms with Gasteiger partial charge in [0.15, 0.2) is 0 Å². The van der Waals surface area contributed by atoms with Gasteiger partial charge in [-0.1, -0.05) is 313 Å². The van der Waals surface area contributed by atoms with Crippen molar-refractivity contribution < 1.29 is 24.5 Å². The fraction of sp³-hybridized carbons (Fsp3) is 0.859. The van der Waals surface area contributed by atoms with Crippen LogP contribution in [0.2, 0.25) is 0 Å². The number of esters is 1. The zero-order chi connectivity index (χ0) is 55.7. The minimum Gasteiger partial charge on any atom is -0.466 e. The Kier molecular flexibility index (Phi) is 64.5. The average Bonchev–Trinajstić information content (AvgIpc) is 3.43. The molecule has 6 nitrogen and oxygen atoms in total. The molecule has 0 aromatic heterocycles. The fourth-order valence-electron chi connectivity index (χ4n) is 10.5. The predicted molar refractivity (Wildman–Crippen MR) is 338 cm³/mol. The summed E-state index contributed by atoms with van der Waals surface area (Å²) in [6, 6.07) is -0.628. The molecule has 0 saturated heterocycles. The van der Waals surface area contributed by atoms with Crippen molar-refractivity contribution in [2.45, 2.75) is 379 Å². The van der Waals surface area contributed by atoms with Crippen LogP contribution in [0.15, 0.2) is 48.6 Å². The van der Waals surface area contributed by atoms with E-state index in [1.54, 1.807) is 6.08 Å². The molecule has 0 aliphatic rings. The van der Waals surface area contributed by atoms with Gasteiger partial charge in [0, 0.05) is 12.8 Å². The molecule has 77 heavy (non-hydrogen) atoms. The van der Waals surface area contributed by atoms with Crippen LogP contribution in [-0.2, 0) is 14.3 Å². The van der Waals surface area contributed by atoms with Crippen LogP contribution in [0.3, 0.4) is 0 Å². The normalized spacial score (nSPS) is 12.8. The molecule has 1 amide bonds. The van der Waals surface area contributed by atoms with Crippen LogP contribution >= 0.6 is 0 Å². The van der Waals surface area contributed by atoms with Gasteiger partial charge in [-0.25, -0.2) is 0 Å². The lowest BCUT2D eigenvalue weighted by molar-refractivity contribution is -0.143. The van der Waals surface area contributed by atoms with Crippen molar-refractivity contribution in [1.82, 2.24) is 5.32 Å². The molecule has 0 fully saturated rings. The smallest absolute Gasteiger partial charge is 0.305 e. The molecule has 3 N–H and O–H groups in total. The van der Waals surface area contributed by atoms with E-state index in [4.69, 9.17) is 4.74 Å². The van der Waals surface area contributed by atoms with Gasteiger partial charge in [-0.15, -0.1) is 0 Å². The molecule has 0 saturated carbocycles. The molecule has 0 spiro atoms. The lowest BCUT2D eigenvalue weighted by Crippen LogP contribution is -2.45. The Labute approximate surface area is 480 Å². The Morgan fingerprint density at radius 2 is 0.649 bits per heavy atom. The number of ether oxygens (including phenoxy) is 1. The Morgan fingerprint density at radius 1 is 0.364 bits per heavy atom. The maximum Gasteiger partial charge on any atom is 0.305 e. The van der Waals surface area contributed by atoms with Crippen LogP contribution in [0.1, 0.15) is 367 Å². The third-order valence-corrected chi connectivity index (χ3v) is 15.8. The zero-order valence-electron chi connectivity index (χ0n) is 51.7. The van der Waals surface area contributed by atoms with E-state index in [1.165, 1.54) is 289 Å². The van der Waals surface area contributed by atoms with Crippen molar-refractivity contribution in [1.29, 1.82) is 0 Å². The van der Waals surface area contributed by atoms with E-state index in [2.05, 4.69) is 55.6 Å². The Morgan fingerprint density at radius 3 is 1.00 bits per heavy atom. The number of unbranched alkanes of at least 4 members (excludes halogenated alkanes) is 47. The van der Waals surface area contributed by atoms with Crippen molar-refractivity contribution in [2.24, 2.45) is 0 Å². The number of aliphatic hydroxyl groups is 2. The van der Waals surface area contributed by atoms with Gasteiger partial charge in [-0.3, -0.25) is 9.59 Å². The van der Waals surface area contributed by atoms with Gasteiger partial charge in [0.05, 0.1) is 25.4 Å². The summed E-state index contributed by atoms with van der Waals surface area (Å²) in [5.41, 5.74) is 0. The van der Waals surface area contributed by atoms with Crippen LogP contribution in [0, 0.1) is 0 Å². The van der Waals surface area contributed by atoms with E-state index in [0.717, 1.165) is 51.4 Å². The van der Waals surface area contributed by atoms with Crippen LogP contribution in [-0.4, -0.2) is 47.4 Å². The molecule has 0 aliphatic heterocycles. The fourth-order valence-corrected chi connectivity index (χ4v) is 10.5. The second-order valence-electron chi connectivity index (χ2n) is 23.5. The third kappa shape index (κ3) is 62.9. The minimum absolute atomic E-state index is 0.0113. The number of hydrogen-bond acceptors (Lipinski definition) is 5. The summed E-state index contributed by atoms with van der Waals surface area (Å²) in [6.45, 7) is 4.91. The van der Waals surface area contributed by atoms with Crippen LogP contribution in [0.25, 0.3) is 0 Å². The first-order valence-electron chi connectivity index (χ1n) is 34.4. The topological polar surface area (TPSA) is 95.9 Å². The second-order valence-corrected chi connectivity index (χ2v) is 23.5. The van der Waals surface area contributed by atoms with Crippen LogP contribution in [0.5, 0.6) is 0 Å². The molecule has 0 radical (unpaired) electrons. The van der Waals surface area contributed by atoms with E-state index in [-0.39, 0.29) is 18.5 Å². The number of aliphatic hydroxyl groups excluding tert-OH is 2. The lowest BCUT2D eigenvalue weighted by Gasteiger charge is -2.20. The van der Waals surface area contributed by atoms with Crippen molar-refractivity contribution in [2.75, 3.05) is 13.2 Å². The SMILES string of the molecule is CCCCCCCC/C=C\CCCCCCCCCCCC(=O)OCCCCCCCCCCC/C=C\C/C=C\CCCCCCCCCCCCCCCC(=O)NC(CO)C(O)/C=C/CCCCCCCCCCCC. The number of carbonyl (C=O) groups is 2. The molecule has 2 unspecified atom stereocenters. The van der Waals surface area contributed by atoms with Crippen LogP contribution < -0.4 is 5.32 Å². The molecule has 0 aromatic carbocycles. The van der Waals surface area contributed by atoms with Gasteiger partial charge in [-0.2, -0.15) is 0 Å². The van der Waals surface area contributed by atoms with E-state index in [0.29, 0.717) is 19.4 Å². The lowest BCUT2D eigenvalue weighted by atomic mass is 10.0.